The van der Waals surface area contributed by atoms with Gasteiger partial charge in [-0.15, -0.1) is 11.3 Å². The first-order chi connectivity index (χ1) is 5.77. The Labute approximate surface area is 80.2 Å². The van der Waals surface area contributed by atoms with Crippen molar-refractivity contribution in [3.63, 3.8) is 0 Å². The third kappa shape index (κ3) is 1.50. The van der Waals surface area contributed by atoms with Gasteiger partial charge in [-0.25, -0.2) is 0 Å². The van der Waals surface area contributed by atoms with Crippen LogP contribution in [0.2, 0.25) is 4.34 Å². The lowest BCUT2D eigenvalue weighted by molar-refractivity contribution is 0.179. The Balaban J connectivity index is 2.19. The SMILES string of the molecule is O[C@@H]1CNC[C@H]1c1ccc(Cl)s1. The van der Waals surface area contributed by atoms with Gasteiger partial charge in [-0.05, 0) is 12.1 Å². The number of thiophene rings is 1. The number of rotatable bonds is 1. The van der Waals surface area contributed by atoms with Crippen LogP contribution in [0.15, 0.2) is 12.1 Å². The number of nitrogens with one attached hydrogen (secondary N) is 1. The molecule has 1 aromatic rings. The zero-order chi connectivity index (χ0) is 8.55. The van der Waals surface area contributed by atoms with Crippen molar-refractivity contribution in [3.05, 3.63) is 21.3 Å². The van der Waals surface area contributed by atoms with Crippen LogP contribution in [-0.4, -0.2) is 24.3 Å². The first-order valence-electron chi connectivity index (χ1n) is 3.91. The van der Waals surface area contributed by atoms with Gasteiger partial charge in [-0.1, -0.05) is 11.6 Å². The Bertz CT molecular complexity index is 276. The second-order valence-electron chi connectivity index (χ2n) is 2.97. The Morgan fingerprint density at radius 3 is 2.83 bits per heavy atom. The summed E-state index contributed by atoms with van der Waals surface area (Å²) in [5, 5.41) is 12.7. The fourth-order valence-corrected chi connectivity index (χ4v) is 2.70. The fraction of sp³-hybridized carbons (Fsp3) is 0.500. The Hall–Kier alpha value is -0.0900. The van der Waals surface area contributed by atoms with Gasteiger partial charge >= 0.3 is 0 Å². The van der Waals surface area contributed by atoms with Gasteiger partial charge in [0.15, 0.2) is 0 Å². The molecule has 2 N–H and O–H groups in total. The molecule has 2 atom stereocenters. The summed E-state index contributed by atoms with van der Waals surface area (Å²) in [5.41, 5.74) is 0. The van der Waals surface area contributed by atoms with Crippen LogP contribution in [0.4, 0.5) is 0 Å². The summed E-state index contributed by atoms with van der Waals surface area (Å²) in [4.78, 5) is 1.18. The third-order valence-corrected chi connectivity index (χ3v) is 3.50. The summed E-state index contributed by atoms with van der Waals surface area (Å²) in [7, 11) is 0. The summed E-state index contributed by atoms with van der Waals surface area (Å²) in [6.45, 7) is 1.55. The van der Waals surface area contributed by atoms with Crippen LogP contribution in [0.25, 0.3) is 0 Å². The first-order valence-corrected chi connectivity index (χ1v) is 5.11. The quantitative estimate of drug-likeness (QED) is 0.724. The van der Waals surface area contributed by atoms with E-state index in [2.05, 4.69) is 5.32 Å². The smallest absolute Gasteiger partial charge is 0.0931 e. The molecule has 1 aliphatic rings. The summed E-state index contributed by atoms with van der Waals surface area (Å²) in [6.07, 6.45) is -0.250. The van der Waals surface area contributed by atoms with Crippen molar-refractivity contribution in [2.24, 2.45) is 0 Å². The summed E-state index contributed by atoms with van der Waals surface area (Å²) < 4.78 is 0.795. The molecule has 0 amide bonds. The minimum Gasteiger partial charge on any atom is -0.391 e. The Kier molecular flexibility index (Phi) is 2.37. The van der Waals surface area contributed by atoms with Crippen LogP contribution in [0, 0.1) is 0 Å². The topological polar surface area (TPSA) is 32.3 Å². The number of aliphatic hydroxyl groups excluding tert-OH is 1. The molecule has 0 saturated carbocycles. The van der Waals surface area contributed by atoms with E-state index < -0.39 is 0 Å². The van der Waals surface area contributed by atoms with Crippen LogP contribution in [0.5, 0.6) is 0 Å². The number of β-amino-alcohol motifs (C(OH)–C–C–N with tert-alkyl or cyclic N) is 1. The molecular weight excluding hydrogens is 194 g/mol. The highest BCUT2D eigenvalue weighted by Crippen LogP contribution is 2.31. The van der Waals surface area contributed by atoms with Crippen molar-refractivity contribution in [1.29, 1.82) is 0 Å². The highest BCUT2D eigenvalue weighted by atomic mass is 35.5. The van der Waals surface area contributed by atoms with Gasteiger partial charge in [0.1, 0.15) is 0 Å². The van der Waals surface area contributed by atoms with Gasteiger partial charge < -0.3 is 10.4 Å². The lowest BCUT2D eigenvalue weighted by Crippen LogP contribution is -2.15. The zero-order valence-electron chi connectivity index (χ0n) is 6.46. The highest BCUT2D eigenvalue weighted by molar-refractivity contribution is 7.16. The molecule has 2 heterocycles. The van der Waals surface area contributed by atoms with Gasteiger partial charge in [-0.3, -0.25) is 0 Å². The molecule has 2 rings (SSSR count). The number of aliphatic hydroxyl groups is 1. The van der Waals surface area contributed by atoms with Gasteiger partial charge in [0.2, 0.25) is 0 Å². The van der Waals surface area contributed by atoms with Crippen LogP contribution in [0.1, 0.15) is 10.8 Å². The van der Waals surface area contributed by atoms with E-state index in [1.54, 1.807) is 11.3 Å². The van der Waals surface area contributed by atoms with Crippen molar-refractivity contribution in [2.75, 3.05) is 13.1 Å². The lowest BCUT2D eigenvalue weighted by atomic mass is 10.1. The van der Waals surface area contributed by atoms with Crippen molar-refractivity contribution >= 4 is 22.9 Å². The molecule has 66 valence electrons. The molecule has 0 aromatic carbocycles. The second kappa shape index (κ2) is 3.34. The van der Waals surface area contributed by atoms with Crippen LogP contribution < -0.4 is 5.32 Å². The van der Waals surface area contributed by atoms with Gasteiger partial charge in [0.25, 0.3) is 0 Å². The molecule has 2 nitrogen and oxygen atoms in total. The van der Waals surface area contributed by atoms with E-state index in [9.17, 15) is 5.11 Å². The average molecular weight is 204 g/mol. The van der Waals surface area contributed by atoms with Gasteiger partial charge in [0.05, 0.1) is 10.4 Å². The Morgan fingerprint density at radius 2 is 2.33 bits per heavy atom. The van der Waals surface area contributed by atoms with Gasteiger partial charge in [0, 0.05) is 23.9 Å². The molecule has 1 aromatic heterocycles. The van der Waals surface area contributed by atoms with E-state index in [-0.39, 0.29) is 12.0 Å². The fourth-order valence-electron chi connectivity index (χ4n) is 1.48. The van der Waals surface area contributed by atoms with Gasteiger partial charge in [-0.2, -0.15) is 0 Å². The Morgan fingerprint density at radius 1 is 1.50 bits per heavy atom. The molecule has 0 unspecified atom stereocenters. The number of hydrogen-bond acceptors (Lipinski definition) is 3. The number of hydrogen-bond donors (Lipinski definition) is 2. The molecule has 12 heavy (non-hydrogen) atoms. The average Bonchev–Trinajstić information content (AvgIpc) is 2.58. The molecular formula is C8H10ClNOS. The second-order valence-corrected chi connectivity index (χ2v) is 4.72. The molecule has 1 saturated heterocycles. The van der Waals surface area contributed by atoms with E-state index in [0.717, 1.165) is 10.9 Å². The lowest BCUT2D eigenvalue weighted by Gasteiger charge is -2.09. The van der Waals surface area contributed by atoms with Crippen molar-refractivity contribution in [3.8, 4) is 0 Å². The van der Waals surface area contributed by atoms with E-state index in [1.807, 2.05) is 12.1 Å². The third-order valence-electron chi connectivity index (χ3n) is 2.14. The largest absolute Gasteiger partial charge is 0.391 e. The van der Waals surface area contributed by atoms with E-state index >= 15 is 0 Å². The van der Waals surface area contributed by atoms with Crippen molar-refractivity contribution < 1.29 is 5.11 Å². The predicted octanol–water partition coefficient (Wildman–Crippen LogP) is 1.45. The van der Waals surface area contributed by atoms with Crippen molar-refractivity contribution in [2.45, 2.75) is 12.0 Å². The maximum absolute atomic E-state index is 9.55. The monoisotopic (exact) mass is 203 g/mol. The minimum atomic E-state index is -0.250. The molecule has 1 aliphatic heterocycles. The predicted molar refractivity (Wildman–Crippen MR) is 50.9 cm³/mol. The molecule has 0 aliphatic carbocycles. The van der Waals surface area contributed by atoms with Crippen LogP contribution >= 0.6 is 22.9 Å². The summed E-state index contributed by atoms with van der Waals surface area (Å²) in [6, 6.07) is 3.88. The van der Waals surface area contributed by atoms with Crippen LogP contribution in [0.3, 0.4) is 0 Å². The van der Waals surface area contributed by atoms with Crippen molar-refractivity contribution in [1.82, 2.24) is 5.32 Å². The molecule has 4 heteroatoms. The maximum atomic E-state index is 9.55. The normalized spacial score (nSPS) is 29.5. The highest BCUT2D eigenvalue weighted by Gasteiger charge is 2.27. The molecule has 1 fully saturated rings. The first kappa shape index (κ1) is 8.51. The van der Waals surface area contributed by atoms with Crippen LogP contribution in [-0.2, 0) is 0 Å². The molecule has 0 bridgehead atoms. The standard InChI is InChI=1S/C8H10ClNOS/c9-8-2-1-7(12-8)5-3-10-4-6(5)11/h1-2,5-6,10-11H,3-4H2/t5-,6-/m1/s1. The molecule has 0 radical (unpaired) electrons. The summed E-state index contributed by atoms with van der Waals surface area (Å²) in [5.74, 6) is 0.238. The number of halogens is 1. The zero-order valence-corrected chi connectivity index (χ0v) is 8.03. The van der Waals surface area contributed by atoms with E-state index in [4.69, 9.17) is 11.6 Å². The van der Waals surface area contributed by atoms with E-state index in [0.29, 0.717) is 6.54 Å². The maximum Gasteiger partial charge on any atom is 0.0931 e. The summed E-state index contributed by atoms with van der Waals surface area (Å²) >= 11 is 7.36. The minimum absolute atomic E-state index is 0.238. The van der Waals surface area contributed by atoms with E-state index in [1.165, 1.54) is 4.88 Å². The molecule has 0 spiro atoms.